The molecule has 3 heteroatoms. The van der Waals surface area contributed by atoms with Gasteiger partial charge >= 0.3 is 0 Å². The van der Waals surface area contributed by atoms with Gasteiger partial charge in [-0.25, -0.2) is 0 Å². The van der Waals surface area contributed by atoms with Gasteiger partial charge in [0.15, 0.2) is 0 Å². The third-order valence-electron chi connectivity index (χ3n) is 3.45. The molecular formula is C14H26N2O. The van der Waals surface area contributed by atoms with Crippen LogP contribution >= 0.6 is 0 Å². The van der Waals surface area contributed by atoms with Gasteiger partial charge in [-0.2, -0.15) is 0 Å². The summed E-state index contributed by atoms with van der Waals surface area (Å²) in [5, 5.41) is 3.48. The van der Waals surface area contributed by atoms with Crippen LogP contribution in [0.25, 0.3) is 0 Å². The van der Waals surface area contributed by atoms with Crippen LogP contribution in [0.2, 0.25) is 0 Å². The van der Waals surface area contributed by atoms with Crippen molar-refractivity contribution >= 4 is 0 Å². The van der Waals surface area contributed by atoms with Gasteiger partial charge in [-0.05, 0) is 38.9 Å². The molecule has 1 N–H and O–H groups in total. The minimum atomic E-state index is 0.292. The molecule has 3 nitrogen and oxygen atoms in total. The Morgan fingerprint density at radius 2 is 2.06 bits per heavy atom. The molecule has 1 aromatic heterocycles. The van der Waals surface area contributed by atoms with Gasteiger partial charge in [0.05, 0.1) is 12.3 Å². The van der Waals surface area contributed by atoms with Gasteiger partial charge in [0.2, 0.25) is 0 Å². The second-order valence-electron chi connectivity index (χ2n) is 4.64. The number of rotatable bonds is 8. The fourth-order valence-corrected chi connectivity index (χ4v) is 2.19. The van der Waals surface area contributed by atoms with Gasteiger partial charge in [0.25, 0.3) is 0 Å². The highest BCUT2D eigenvalue weighted by Crippen LogP contribution is 2.11. The van der Waals surface area contributed by atoms with Gasteiger partial charge in [0, 0.05) is 19.1 Å². The van der Waals surface area contributed by atoms with E-state index < -0.39 is 0 Å². The van der Waals surface area contributed by atoms with E-state index in [4.69, 9.17) is 4.42 Å². The molecule has 0 aliphatic heterocycles. The van der Waals surface area contributed by atoms with Crippen LogP contribution in [0.5, 0.6) is 0 Å². The highest BCUT2D eigenvalue weighted by atomic mass is 16.3. The van der Waals surface area contributed by atoms with Gasteiger partial charge < -0.3 is 14.6 Å². The zero-order chi connectivity index (χ0) is 12.7. The lowest BCUT2D eigenvalue weighted by Gasteiger charge is -2.26. The lowest BCUT2D eigenvalue weighted by molar-refractivity contribution is 0.226. The maximum Gasteiger partial charge on any atom is 0.120 e. The number of furan rings is 1. The fraction of sp³-hybridized carbons (Fsp3) is 0.714. The van der Waals surface area contributed by atoms with Crippen molar-refractivity contribution in [2.75, 3.05) is 20.1 Å². The Morgan fingerprint density at radius 1 is 1.35 bits per heavy atom. The Labute approximate surface area is 105 Å². The molecule has 1 heterocycles. The predicted molar refractivity (Wildman–Crippen MR) is 72.1 cm³/mol. The summed E-state index contributed by atoms with van der Waals surface area (Å²) in [5.41, 5.74) is 0. The van der Waals surface area contributed by atoms with E-state index in [1.807, 2.05) is 12.1 Å². The van der Waals surface area contributed by atoms with Crippen molar-refractivity contribution in [3.63, 3.8) is 0 Å². The van der Waals surface area contributed by atoms with E-state index in [9.17, 15) is 0 Å². The third kappa shape index (κ3) is 4.52. The van der Waals surface area contributed by atoms with Crippen LogP contribution in [0.4, 0.5) is 0 Å². The summed E-state index contributed by atoms with van der Waals surface area (Å²) in [6.07, 6.45) is 4.17. The first-order valence-corrected chi connectivity index (χ1v) is 6.66. The zero-order valence-electron chi connectivity index (χ0n) is 11.6. The molecule has 1 unspecified atom stereocenters. The van der Waals surface area contributed by atoms with Gasteiger partial charge in [0.1, 0.15) is 5.76 Å². The van der Waals surface area contributed by atoms with Crippen molar-refractivity contribution in [2.45, 2.75) is 45.7 Å². The average molecular weight is 238 g/mol. The normalized spacial score (nSPS) is 13.5. The SMILES string of the molecule is CCC(CC)N(C)CCNC(C)c1ccco1. The van der Waals surface area contributed by atoms with Crippen molar-refractivity contribution in [3.05, 3.63) is 24.2 Å². The first-order valence-electron chi connectivity index (χ1n) is 6.66. The molecule has 0 aliphatic carbocycles. The van der Waals surface area contributed by atoms with Crippen molar-refractivity contribution in [3.8, 4) is 0 Å². The number of nitrogens with zero attached hydrogens (tertiary/aromatic N) is 1. The largest absolute Gasteiger partial charge is 0.468 e. The molecular weight excluding hydrogens is 212 g/mol. The van der Waals surface area contributed by atoms with E-state index >= 15 is 0 Å². The third-order valence-corrected chi connectivity index (χ3v) is 3.45. The Morgan fingerprint density at radius 3 is 2.59 bits per heavy atom. The predicted octanol–water partition coefficient (Wildman–Crippen LogP) is 3.05. The summed E-state index contributed by atoms with van der Waals surface area (Å²) in [6.45, 7) is 8.72. The second-order valence-corrected chi connectivity index (χ2v) is 4.64. The Hall–Kier alpha value is -0.800. The van der Waals surface area contributed by atoms with Gasteiger partial charge in [-0.1, -0.05) is 13.8 Å². The zero-order valence-corrected chi connectivity index (χ0v) is 11.6. The minimum absolute atomic E-state index is 0.292. The molecule has 1 aromatic rings. The molecule has 0 radical (unpaired) electrons. The monoisotopic (exact) mass is 238 g/mol. The quantitative estimate of drug-likeness (QED) is 0.754. The Kier molecular flexibility index (Phi) is 6.30. The molecule has 0 fully saturated rings. The van der Waals surface area contributed by atoms with Gasteiger partial charge in [-0.15, -0.1) is 0 Å². The molecule has 0 amide bonds. The van der Waals surface area contributed by atoms with Crippen molar-refractivity contribution in [1.29, 1.82) is 0 Å². The number of hydrogen-bond donors (Lipinski definition) is 1. The first kappa shape index (κ1) is 14.3. The van der Waals surface area contributed by atoms with Crippen LogP contribution in [-0.4, -0.2) is 31.1 Å². The molecule has 1 rings (SSSR count). The van der Waals surface area contributed by atoms with Crippen LogP contribution in [0.3, 0.4) is 0 Å². The van der Waals surface area contributed by atoms with Crippen molar-refractivity contribution < 1.29 is 4.42 Å². The number of nitrogens with one attached hydrogen (secondary N) is 1. The average Bonchev–Trinajstić information content (AvgIpc) is 2.84. The molecule has 0 aliphatic rings. The number of hydrogen-bond acceptors (Lipinski definition) is 3. The minimum Gasteiger partial charge on any atom is -0.468 e. The molecule has 0 spiro atoms. The van der Waals surface area contributed by atoms with Crippen molar-refractivity contribution in [2.24, 2.45) is 0 Å². The summed E-state index contributed by atoms with van der Waals surface area (Å²) in [7, 11) is 2.21. The molecule has 1 atom stereocenters. The van der Waals surface area contributed by atoms with E-state index in [-0.39, 0.29) is 0 Å². The van der Waals surface area contributed by atoms with Gasteiger partial charge in [-0.3, -0.25) is 0 Å². The smallest absolute Gasteiger partial charge is 0.120 e. The number of likely N-dealkylation sites (N-methyl/N-ethyl adjacent to an activating group) is 1. The molecule has 0 bridgehead atoms. The maximum absolute atomic E-state index is 5.37. The van der Waals surface area contributed by atoms with Crippen LogP contribution < -0.4 is 5.32 Å². The highest BCUT2D eigenvalue weighted by molar-refractivity contribution is 5.02. The fourth-order valence-electron chi connectivity index (χ4n) is 2.19. The lowest BCUT2D eigenvalue weighted by Crippen LogP contribution is -2.36. The van der Waals surface area contributed by atoms with E-state index in [1.54, 1.807) is 6.26 Å². The van der Waals surface area contributed by atoms with E-state index in [0.717, 1.165) is 18.8 Å². The molecule has 17 heavy (non-hydrogen) atoms. The van der Waals surface area contributed by atoms with Crippen LogP contribution in [0, 0.1) is 0 Å². The molecule has 98 valence electrons. The Balaban J connectivity index is 2.23. The van der Waals surface area contributed by atoms with E-state index in [2.05, 4.69) is 38.0 Å². The topological polar surface area (TPSA) is 28.4 Å². The van der Waals surface area contributed by atoms with Crippen LogP contribution in [-0.2, 0) is 0 Å². The summed E-state index contributed by atoms with van der Waals surface area (Å²) in [4.78, 5) is 2.43. The highest BCUT2D eigenvalue weighted by Gasteiger charge is 2.11. The first-order chi connectivity index (χ1) is 8.19. The Bertz CT molecular complexity index is 280. The summed E-state index contributed by atoms with van der Waals surface area (Å²) in [6, 6.07) is 4.95. The van der Waals surface area contributed by atoms with E-state index in [1.165, 1.54) is 12.8 Å². The summed E-state index contributed by atoms with van der Waals surface area (Å²) < 4.78 is 5.37. The maximum atomic E-state index is 5.37. The van der Waals surface area contributed by atoms with Crippen molar-refractivity contribution in [1.82, 2.24) is 10.2 Å². The summed E-state index contributed by atoms with van der Waals surface area (Å²) in [5.74, 6) is 1.01. The van der Waals surface area contributed by atoms with Crippen LogP contribution in [0.15, 0.2) is 22.8 Å². The standard InChI is InChI=1S/C14H26N2O/c1-5-13(6-2)16(4)10-9-15-12(3)14-8-7-11-17-14/h7-8,11-13,15H,5-6,9-10H2,1-4H3. The molecule has 0 aromatic carbocycles. The van der Waals surface area contributed by atoms with Crippen LogP contribution in [0.1, 0.15) is 45.4 Å². The molecule has 0 saturated heterocycles. The lowest BCUT2D eigenvalue weighted by atomic mass is 10.1. The molecule has 0 saturated carbocycles. The van der Waals surface area contributed by atoms with E-state index in [0.29, 0.717) is 12.1 Å². The second kappa shape index (κ2) is 7.51. The summed E-state index contributed by atoms with van der Waals surface area (Å²) >= 11 is 0.